The van der Waals surface area contributed by atoms with Crippen molar-refractivity contribution in [2.24, 2.45) is 5.73 Å². The molecular weight excluding hydrogens is 224 g/mol. The third kappa shape index (κ3) is 1.67. The standard InChI is InChI=1S/C14H14N4/c1-10-6-11(7-15)8-16-14(10)18-9-17-12-4-2-3-5-13(12)18/h2-6,8-9H,7,15H2,1H3. The van der Waals surface area contributed by atoms with Gasteiger partial charge < -0.3 is 5.73 Å². The number of aryl methyl sites for hydroxylation is 1. The number of fused-ring (bicyclic) bond motifs is 1. The molecule has 0 aliphatic heterocycles. The molecule has 0 aliphatic rings. The predicted octanol–water partition coefficient (Wildman–Crippen LogP) is 2.19. The van der Waals surface area contributed by atoms with E-state index in [1.807, 2.05) is 48.3 Å². The minimum Gasteiger partial charge on any atom is -0.326 e. The zero-order valence-electron chi connectivity index (χ0n) is 10.2. The van der Waals surface area contributed by atoms with E-state index in [2.05, 4.69) is 16.0 Å². The highest BCUT2D eigenvalue weighted by molar-refractivity contribution is 5.77. The maximum atomic E-state index is 5.62. The van der Waals surface area contributed by atoms with Crippen LogP contribution in [-0.4, -0.2) is 14.5 Å². The van der Waals surface area contributed by atoms with Gasteiger partial charge in [0.05, 0.1) is 11.0 Å². The van der Waals surface area contributed by atoms with Crippen LogP contribution in [0.4, 0.5) is 0 Å². The summed E-state index contributed by atoms with van der Waals surface area (Å²) in [7, 11) is 0. The Morgan fingerprint density at radius 2 is 2.06 bits per heavy atom. The molecule has 18 heavy (non-hydrogen) atoms. The number of hydrogen-bond acceptors (Lipinski definition) is 3. The summed E-state index contributed by atoms with van der Waals surface area (Å²) in [5, 5.41) is 0. The van der Waals surface area contributed by atoms with E-state index < -0.39 is 0 Å². The highest BCUT2D eigenvalue weighted by Crippen LogP contribution is 2.19. The first-order valence-electron chi connectivity index (χ1n) is 5.87. The smallest absolute Gasteiger partial charge is 0.141 e. The number of imidazole rings is 1. The highest BCUT2D eigenvalue weighted by Gasteiger charge is 2.07. The molecule has 0 radical (unpaired) electrons. The molecule has 0 fully saturated rings. The van der Waals surface area contributed by atoms with Gasteiger partial charge in [0.2, 0.25) is 0 Å². The van der Waals surface area contributed by atoms with E-state index in [1.165, 1.54) is 0 Å². The van der Waals surface area contributed by atoms with Gasteiger partial charge in [-0.3, -0.25) is 4.57 Å². The molecular formula is C14H14N4. The second kappa shape index (κ2) is 4.23. The van der Waals surface area contributed by atoms with Crippen LogP contribution in [0.25, 0.3) is 16.9 Å². The number of rotatable bonds is 2. The van der Waals surface area contributed by atoms with E-state index in [-0.39, 0.29) is 0 Å². The van der Waals surface area contributed by atoms with Gasteiger partial charge in [0.1, 0.15) is 12.1 Å². The number of nitrogens with zero attached hydrogens (tertiary/aromatic N) is 3. The van der Waals surface area contributed by atoms with Gasteiger partial charge in [0, 0.05) is 12.7 Å². The SMILES string of the molecule is Cc1cc(CN)cnc1-n1cnc2ccccc21. The van der Waals surface area contributed by atoms with Crippen LogP contribution in [0.1, 0.15) is 11.1 Å². The number of aromatic nitrogens is 3. The number of nitrogens with two attached hydrogens (primary N) is 1. The number of pyridine rings is 1. The van der Waals surface area contributed by atoms with Crippen molar-refractivity contribution >= 4 is 11.0 Å². The Kier molecular flexibility index (Phi) is 2.57. The third-order valence-electron chi connectivity index (χ3n) is 3.02. The quantitative estimate of drug-likeness (QED) is 0.744. The number of benzene rings is 1. The summed E-state index contributed by atoms with van der Waals surface area (Å²) >= 11 is 0. The molecule has 0 atom stereocenters. The zero-order valence-corrected chi connectivity index (χ0v) is 10.2. The van der Waals surface area contributed by atoms with Gasteiger partial charge in [-0.15, -0.1) is 0 Å². The maximum Gasteiger partial charge on any atom is 0.141 e. The fourth-order valence-corrected chi connectivity index (χ4v) is 2.12. The Morgan fingerprint density at radius 3 is 2.83 bits per heavy atom. The molecule has 0 saturated carbocycles. The first-order chi connectivity index (χ1) is 8.79. The molecule has 0 spiro atoms. The van der Waals surface area contributed by atoms with Crippen molar-refractivity contribution in [3.8, 4) is 5.82 Å². The van der Waals surface area contributed by atoms with Crippen LogP contribution in [0.2, 0.25) is 0 Å². The first-order valence-corrected chi connectivity index (χ1v) is 5.87. The van der Waals surface area contributed by atoms with Crippen LogP contribution in [-0.2, 0) is 6.54 Å². The van der Waals surface area contributed by atoms with Crippen molar-refractivity contribution in [1.82, 2.24) is 14.5 Å². The molecule has 3 aromatic rings. The van der Waals surface area contributed by atoms with Gasteiger partial charge in [-0.1, -0.05) is 12.1 Å². The Labute approximate surface area is 105 Å². The van der Waals surface area contributed by atoms with Crippen molar-refractivity contribution in [2.75, 3.05) is 0 Å². The van der Waals surface area contributed by atoms with Crippen molar-refractivity contribution < 1.29 is 0 Å². The van der Waals surface area contributed by atoms with Gasteiger partial charge in [0.25, 0.3) is 0 Å². The van der Waals surface area contributed by atoms with Crippen molar-refractivity contribution in [3.05, 3.63) is 54.0 Å². The van der Waals surface area contributed by atoms with E-state index in [0.717, 1.165) is 28.0 Å². The van der Waals surface area contributed by atoms with Crippen LogP contribution in [0.15, 0.2) is 42.9 Å². The van der Waals surface area contributed by atoms with Gasteiger partial charge in [-0.2, -0.15) is 0 Å². The lowest BCUT2D eigenvalue weighted by molar-refractivity contribution is 0.969. The minimum atomic E-state index is 0.513. The summed E-state index contributed by atoms with van der Waals surface area (Å²) in [5.74, 6) is 0.904. The van der Waals surface area contributed by atoms with E-state index in [9.17, 15) is 0 Å². The Hall–Kier alpha value is -2.20. The van der Waals surface area contributed by atoms with E-state index in [0.29, 0.717) is 6.54 Å². The number of hydrogen-bond donors (Lipinski definition) is 1. The molecule has 2 N–H and O–H groups in total. The van der Waals surface area contributed by atoms with E-state index in [1.54, 1.807) is 0 Å². The third-order valence-corrected chi connectivity index (χ3v) is 3.02. The van der Waals surface area contributed by atoms with Gasteiger partial charge >= 0.3 is 0 Å². The average Bonchev–Trinajstić information content (AvgIpc) is 2.82. The summed E-state index contributed by atoms with van der Waals surface area (Å²) in [6, 6.07) is 10.1. The van der Waals surface area contributed by atoms with E-state index in [4.69, 9.17) is 5.73 Å². The molecule has 90 valence electrons. The lowest BCUT2D eigenvalue weighted by Crippen LogP contribution is -2.03. The van der Waals surface area contributed by atoms with Crippen LogP contribution in [0.5, 0.6) is 0 Å². The lowest BCUT2D eigenvalue weighted by atomic mass is 10.2. The zero-order chi connectivity index (χ0) is 12.5. The topological polar surface area (TPSA) is 56.7 Å². The fourth-order valence-electron chi connectivity index (χ4n) is 2.12. The molecule has 2 heterocycles. The second-order valence-corrected chi connectivity index (χ2v) is 4.29. The Balaban J connectivity index is 2.20. The number of para-hydroxylation sites is 2. The van der Waals surface area contributed by atoms with Gasteiger partial charge in [0.15, 0.2) is 0 Å². The highest BCUT2D eigenvalue weighted by atomic mass is 15.1. The largest absolute Gasteiger partial charge is 0.326 e. The van der Waals surface area contributed by atoms with Crippen LogP contribution < -0.4 is 5.73 Å². The van der Waals surface area contributed by atoms with Crippen LogP contribution in [0, 0.1) is 6.92 Å². The predicted molar refractivity (Wildman–Crippen MR) is 71.5 cm³/mol. The summed E-state index contributed by atoms with van der Waals surface area (Å²) in [4.78, 5) is 8.86. The van der Waals surface area contributed by atoms with Crippen molar-refractivity contribution in [1.29, 1.82) is 0 Å². The normalized spacial score (nSPS) is 11.0. The Bertz CT molecular complexity index is 700. The summed E-state index contributed by atoms with van der Waals surface area (Å²) in [6.07, 6.45) is 3.62. The molecule has 3 rings (SSSR count). The van der Waals surface area contributed by atoms with Crippen LogP contribution >= 0.6 is 0 Å². The lowest BCUT2D eigenvalue weighted by Gasteiger charge is -2.08. The minimum absolute atomic E-state index is 0.513. The monoisotopic (exact) mass is 238 g/mol. The van der Waals surface area contributed by atoms with Gasteiger partial charge in [-0.25, -0.2) is 9.97 Å². The molecule has 0 aliphatic carbocycles. The average molecular weight is 238 g/mol. The molecule has 2 aromatic heterocycles. The van der Waals surface area contributed by atoms with Gasteiger partial charge in [-0.05, 0) is 36.2 Å². The first kappa shape index (κ1) is 10.9. The molecule has 4 heteroatoms. The fraction of sp³-hybridized carbons (Fsp3) is 0.143. The molecule has 0 amide bonds. The molecule has 0 saturated heterocycles. The molecule has 0 unspecified atom stereocenters. The van der Waals surface area contributed by atoms with E-state index >= 15 is 0 Å². The molecule has 1 aromatic carbocycles. The maximum absolute atomic E-state index is 5.62. The van der Waals surface area contributed by atoms with Crippen molar-refractivity contribution in [3.63, 3.8) is 0 Å². The Morgan fingerprint density at radius 1 is 1.22 bits per heavy atom. The summed E-state index contributed by atoms with van der Waals surface area (Å²) < 4.78 is 2.00. The second-order valence-electron chi connectivity index (χ2n) is 4.29. The molecule has 4 nitrogen and oxygen atoms in total. The summed E-state index contributed by atoms with van der Waals surface area (Å²) in [6.45, 7) is 2.55. The van der Waals surface area contributed by atoms with Crippen molar-refractivity contribution in [2.45, 2.75) is 13.5 Å². The van der Waals surface area contributed by atoms with Crippen LogP contribution in [0.3, 0.4) is 0 Å². The molecule has 0 bridgehead atoms. The summed E-state index contributed by atoms with van der Waals surface area (Å²) in [5.41, 5.74) is 9.80.